The predicted molar refractivity (Wildman–Crippen MR) is 194 cm³/mol. The van der Waals surface area contributed by atoms with Crippen molar-refractivity contribution in [3.05, 3.63) is 119 Å². The van der Waals surface area contributed by atoms with E-state index >= 15 is 0 Å². The van der Waals surface area contributed by atoms with Gasteiger partial charge in [-0.2, -0.15) is 0 Å². The number of sulfonamides is 1. The molecule has 0 aliphatic rings. The molecule has 9 nitrogen and oxygen atoms in total. The standard InChI is InChI=1S/C39H47N3O6S/c1-8-30(5)40-39(44)35(23-31-12-10-9-11-13-31)41(25-32-16-14-27(2)15-17-32)38(43)26-42(33-21-28(3)20-29(4)22-33)49(45,46)34-18-19-36(47-6)37(24-34)48-7/h9-22,24,30,35H,8,23,25-26H2,1-7H3,(H,40,44). The van der Waals surface area contributed by atoms with Crippen molar-refractivity contribution in [2.45, 2.75) is 71.0 Å². The summed E-state index contributed by atoms with van der Waals surface area (Å²) >= 11 is 0. The highest BCUT2D eigenvalue weighted by Crippen LogP contribution is 2.33. The first-order valence-corrected chi connectivity index (χ1v) is 17.8. The summed E-state index contributed by atoms with van der Waals surface area (Å²) in [5.41, 5.74) is 4.74. The molecule has 49 heavy (non-hydrogen) atoms. The topological polar surface area (TPSA) is 105 Å². The van der Waals surface area contributed by atoms with Crippen LogP contribution in [0.5, 0.6) is 11.5 Å². The zero-order valence-corrected chi connectivity index (χ0v) is 30.2. The number of hydrogen-bond acceptors (Lipinski definition) is 6. The summed E-state index contributed by atoms with van der Waals surface area (Å²) in [6.07, 6.45) is 0.951. The van der Waals surface area contributed by atoms with Gasteiger partial charge in [0.1, 0.15) is 12.6 Å². The molecular formula is C39H47N3O6S. The second kappa shape index (κ2) is 16.5. The lowest BCUT2D eigenvalue weighted by atomic mass is 10.0. The van der Waals surface area contributed by atoms with Crippen LogP contribution < -0.4 is 19.1 Å². The number of ether oxygens (including phenoxy) is 2. The molecule has 4 aromatic carbocycles. The molecule has 0 aliphatic heterocycles. The maximum absolute atomic E-state index is 14.8. The van der Waals surface area contributed by atoms with E-state index in [0.29, 0.717) is 17.9 Å². The molecule has 0 saturated carbocycles. The molecule has 1 N–H and O–H groups in total. The summed E-state index contributed by atoms with van der Waals surface area (Å²) in [6.45, 7) is 9.17. The minimum absolute atomic E-state index is 0.0717. The Kier molecular flexibility index (Phi) is 12.5. The number of nitrogens with zero attached hydrogens (tertiary/aromatic N) is 2. The van der Waals surface area contributed by atoms with Crippen molar-refractivity contribution in [3.8, 4) is 11.5 Å². The number of benzene rings is 4. The molecule has 0 aliphatic carbocycles. The lowest BCUT2D eigenvalue weighted by molar-refractivity contribution is -0.140. The highest BCUT2D eigenvalue weighted by molar-refractivity contribution is 7.92. The number of carbonyl (C=O) groups is 2. The van der Waals surface area contributed by atoms with E-state index in [1.165, 1.54) is 37.3 Å². The van der Waals surface area contributed by atoms with Crippen LogP contribution >= 0.6 is 0 Å². The predicted octanol–water partition coefficient (Wildman–Crippen LogP) is 6.38. The van der Waals surface area contributed by atoms with Crippen LogP contribution in [0.2, 0.25) is 0 Å². The van der Waals surface area contributed by atoms with Crippen LogP contribution in [0.15, 0.2) is 95.9 Å². The van der Waals surface area contributed by atoms with Crippen LogP contribution in [0, 0.1) is 20.8 Å². The maximum Gasteiger partial charge on any atom is 0.264 e. The molecule has 0 bridgehead atoms. The minimum atomic E-state index is -4.33. The summed E-state index contributed by atoms with van der Waals surface area (Å²) in [7, 11) is -1.43. The Labute approximate surface area is 290 Å². The Morgan fingerprint density at radius 1 is 0.776 bits per heavy atom. The van der Waals surface area contributed by atoms with Gasteiger partial charge in [-0.05, 0) is 80.6 Å². The summed E-state index contributed by atoms with van der Waals surface area (Å²) in [5, 5.41) is 3.07. The summed E-state index contributed by atoms with van der Waals surface area (Å²) in [4.78, 5) is 30.2. The SMILES string of the molecule is CCC(C)NC(=O)C(Cc1ccccc1)N(Cc1ccc(C)cc1)C(=O)CN(c1cc(C)cc(C)c1)S(=O)(=O)c1ccc(OC)c(OC)c1. The molecule has 260 valence electrons. The van der Waals surface area contributed by atoms with Crippen molar-refractivity contribution >= 4 is 27.5 Å². The van der Waals surface area contributed by atoms with Gasteiger partial charge in [-0.3, -0.25) is 13.9 Å². The number of methoxy groups -OCH3 is 2. The molecule has 2 amide bonds. The number of carbonyl (C=O) groups excluding carboxylic acids is 2. The normalized spacial score (nSPS) is 12.5. The number of hydrogen-bond donors (Lipinski definition) is 1. The lowest BCUT2D eigenvalue weighted by Crippen LogP contribution is -2.54. The van der Waals surface area contributed by atoms with Crippen molar-refractivity contribution in [2.75, 3.05) is 25.1 Å². The first-order chi connectivity index (χ1) is 23.4. The monoisotopic (exact) mass is 685 g/mol. The fraction of sp³-hybridized carbons (Fsp3) is 0.333. The van der Waals surface area contributed by atoms with Crippen LogP contribution in [-0.2, 0) is 32.6 Å². The molecule has 4 rings (SSSR count). The van der Waals surface area contributed by atoms with Gasteiger partial charge >= 0.3 is 0 Å². The third-order valence-electron chi connectivity index (χ3n) is 8.46. The zero-order valence-electron chi connectivity index (χ0n) is 29.4. The van der Waals surface area contributed by atoms with Gasteiger partial charge < -0.3 is 19.7 Å². The maximum atomic E-state index is 14.8. The van der Waals surface area contributed by atoms with Crippen LogP contribution in [0.4, 0.5) is 5.69 Å². The highest BCUT2D eigenvalue weighted by atomic mass is 32.2. The smallest absolute Gasteiger partial charge is 0.264 e. The fourth-order valence-corrected chi connectivity index (χ4v) is 7.03. The van der Waals surface area contributed by atoms with E-state index < -0.39 is 28.5 Å². The summed E-state index contributed by atoms with van der Waals surface area (Å²) in [5.74, 6) is -0.222. The van der Waals surface area contributed by atoms with Gasteiger partial charge in [-0.25, -0.2) is 8.42 Å². The molecule has 2 atom stereocenters. The fourth-order valence-electron chi connectivity index (χ4n) is 5.61. The van der Waals surface area contributed by atoms with E-state index in [-0.39, 0.29) is 35.6 Å². The molecule has 0 aromatic heterocycles. The van der Waals surface area contributed by atoms with Gasteiger partial charge in [0.25, 0.3) is 10.0 Å². The van der Waals surface area contributed by atoms with Gasteiger partial charge in [0.15, 0.2) is 11.5 Å². The average molecular weight is 686 g/mol. The number of anilines is 1. The Hall–Kier alpha value is -4.83. The van der Waals surface area contributed by atoms with Crippen molar-refractivity contribution in [3.63, 3.8) is 0 Å². The quantitative estimate of drug-likeness (QED) is 0.156. The molecule has 0 heterocycles. The van der Waals surface area contributed by atoms with Gasteiger partial charge in [-0.1, -0.05) is 73.2 Å². The first kappa shape index (κ1) is 37.0. The van der Waals surface area contributed by atoms with Crippen LogP contribution in [0.3, 0.4) is 0 Å². The van der Waals surface area contributed by atoms with Crippen molar-refractivity contribution < 1.29 is 27.5 Å². The Morgan fingerprint density at radius 2 is 1.41 bits per heavy atom. The van der Waals surface area contributed by atoms with Crippen LogP contribution in [0.25, 0.3) is 0 Å². The van der Waals surface area contributed by atoms with Gasteiger partial charge in [0, 0.05) is 25.1 Å². The van der Waals surface area contributed by atoms with Gasteiger partial charge in [0.05, 0.1) is 24.8 Å². The second-order valence-corrected chi connectivity index (χ2v) is 14.3. The van der Waals surface area contributed by atoms with E-state index in [2.05, 4.69) is 5.32 Å². The van der Waals surface area contributed by atoms with Crippen molar-refractivity contribution in [1.29, 1.82) is 0 Å². The number of nitrogens with one attached hydrogen (secondary N) is 1. The molecule has 0 saturated heterocycles. The molecular weight excluding hydrogens is 639 g/mol. The third kappa shape index (κ3) is 9.41. The number of amides is 2. The lowest BCUT2D eigenvalue weighted by Gasteiger charge is -2.34. The zero-order chi connectivity index (χ0) is 35.7. The van der Waals surface area contributed by atoms with Crippen LogP contribution in [-0.4, -0.2) is 58.0 Å². The molecule has 4 aromatic rings. The molecule has 10 heteroatoms. The van der Waals surface area contributed by atoms with E-state index in [1.54, 1.807) is 12.1 Å². The Bertz CT molecular complexity index is 1820. The van der Waals surface area contributed by atoms with E-state index in [0.717, 1.165) is 32.1 Å². The number of rotatable bonds is 15. The van der Waals surface area contributed by atoms with E-state index in [4.69, 9.17) is 9.47 Å². The Balaban J connectivity index is 1.85. The van der Waals surface area contributed by atoms with Crippen LogP contribution in [0.1, 0.15) is 48.1 Å². The van der Waals surface area contributed by atoms with Crippen molar-refractivity contribution in [1.82, 2.24) is 10.2 Å². The molecule has 0 radical (unpaired) electrons. The largest absolute Gasteiger partial charge is 0.493 e. The average Bonchev–Trinajstić information content (AvgIpc) is 3.08. The first-order valence-electron chi connectivity index (χ1n) is 16.4. The third-order valence-corrected chi connectivity index (χ3v) is 10.2. The summed E-state index contributed by atoms with van der Waals surface area (Å²) < 4.78 is 40.9. The second-order valence-electron chi connectivity index (χ2n) is 12.4. The number of aryl methyl sites for hydroxylation is 3. The van der Waals surface area contributed by atoms with Crippen molar-refractivity contribution in [2.24, 2.45) is 0 Å². The molecule has 0 fully saturated rings. The van der Waals surface area contributed by atoms with Gasteiger partial charge in [0.2, 0.25) is 11.8 Å². The van der Waals surface area contributed by atoms with Gasteiger partial charge in [-0.15, -0.1) is 0 Å². The molecule has 2 unspecified atom stereocenters. The Morgan fingerprint density at radius 3 is 2.00 bits per heavy atom. The minimum Gasteiger partial charge on any atom is -0.493 e. The summed E-state index contributed by atoms with van der Waals surface area (Å²) in [6, 6.07) is 26.0. The molecule has 0 spiro atoms. The van der Waals surface area contributed by atoms with E-state index in [1.807, 2.05) is 95.3 Å². The van der Waals surface area contributed by atoms with E-state index in [9.17, 15) is 18.0 Å². The highest BCUT2D eigenvalue weighted by Gasteiger charge is 2.35.